The van der Waals surface area contributed by atoms with Crippen LogP contribution in [0.1, 0.15) is 57.6 Å². The van der Waals surface area contributed by atoms with E-state index in [1.54, 1.807) is 13.1 Å². The van der Waals surface area contributed by atoms with Crippen molar-refractivity contribution in [1.29, 1.82) is 0 Å². The Morgan fingerprint density at radius 2 is 2.05 bits per heavy atom. The van der Waals surface area contributed by atoms with Gasteiger partial charge in [0.15, 0.2) is 0 Å². The number of rotatable bonds is 4. The van der Waals surface area contributed by atoms with E-state index < -0.39 is 6.10 Å². The Morgan fingerprint density at radius 1 is 1.37 bits per heavy atom. The summed E-state index contributed by atoms with van der Waals surface area (Å²) in [6, 6.07) is 4.49. The van der Waals surface area contributed by atoms with Crippen LogP contribution in [0.3, 0.4) is 0 Å². The highest BCUT2D eigenvalue weighted by Crippen LogP contribution is 2.31. The second kappa shape index (κ2) is 6.38. The quantitative estimate of drug-likeness (QED) is 0.901. The van der Waals surface area contributed by atoms with E-state index >= 15 is 0 Å². The molecule has 1 unspecified atom stereocenters. The summed E-state index contributed by atoms with van der Waals surface area (Å²) < 4.78 is 0. The zero-order chi connectivity index (χ0) is 13.8. The molecule has 1 saturated carbocycles. The predicted octanol–water partition coefficient (Wildman–Crippen LogP) is 3.54. The molecule has 1 aliphatic carbocycles. The zero-order valence-electron chi connectivity index (χ0n) is 12.3. The lowest BCUT2D eigenvalue weighted by atomic mass is 9.84. The molecular formula is C16H26N2O. The first-order valence-electron chi connectivity index (χ1n) is 7.48. The molecule has 1 atom stereocenters. The molecule has 1 N–H and O–H groups in total. The van der Waals surface area contributed by atoms with Crippen LogP contribution in [0.5, 0.6) is 0 Å². The van der Waals surface area contributed by atoms with Crippen LogP contribution >= 0.6 is 0 Å². The Balaban J connectivity index is 2.03. The van der Waals surface area contributed by atoms with Crippen LogP contribution < -0.4 is 4.90 Å². The van der Waals surface area contributed by atoms with Gasteiger partial charge in [0.1, 0.15) is 5.82 Å². The zero-order valence-corrected chi connectivity index (χ0v) is 12.3. The van der Waals surface area contributed by atoms with Gasteiger partial charge in [0.05, 0.1) is 6.10 Å². The lowest BCUT2D eigenvalue weighted by Gasteiger charge is -2.35. The molecular weight excluding hydrogens is 236 g/mol. The summed E-state index contributed by atoms with van der Waals surface area (Å²) in [7, 11) is 2.13. The highest BCUT2D eigenvalue weighted by molar-refractivity contribution is 5.41. The summed E-state index contributed by atoms with van der Waals surface area (Å²) >= 11 is 0. The van der Waals surface area contributed by atoms with Gasteiger partial charge in [-0.25, -0.2) is 4.98 Å². The molecule has 3 nitrogen and oxygen atoms in total. The summed E-state index contributed by atoms with van der Waals surface area (Å²) in [5, 5.41) is 9.66. The Hall–Kier alpha value is -1.09. The van der Waals surface area contributed by atoms with Crippen LogP contribution in [0.25, 0.3) is 0 Å². The van der Waals surface area contributed by atoms with E-state index in [4.69, 9.17) is 0 Å². The van der Waals surface area contributed by atoms with Crippen LogP contribution in [0.2, 0.25) is 0 Å². The number of anilines is 1. The summed E-state index contributed by atoms with van der Waals surface area (Å²) in [4.78, 5) is 6.74. The third-order valence-electron chi connectivity index (χ3n) is 4.55. The lowest BCUT2D eigenvalue weighted by molar-refractivity contribution is 0.199. The van der Waals surface area contributed by atoms with Crippen molar-refractivity contribution in [2.24, 2.45) is 5.92 Å². The van der Waals surface area contributed by atoms with E-state index in [1.165, 1.54) is 32.1 Å². The average Bonchev–Trinajstić information content (AvgIpc) is 2.46. The molecule has 1 heterocycles. The van der Waals surface area contributed by atoms with Crippen molar-refractivity contribution < 1.29 is 5.11 Å². The maximum absolute atomic E-state index is 9.66. The monoisotopic (exact) mass is 262 g/mol. The molecule has 2 rings (SSSR count). The van der Waals surface area contributed by atoms with E-state index in [0.29, 0.717) is 6.04 Å². The minimum absolute atomic E-state index is 0.425. The number of pyridine rings is 1. The van der Waals surface area contributed by atoms with Crippen molar-refractivity contribution in [3.05, 3.63) is 23.9 Å². The summed E-state index contributed by atoms with van der Waals surface area (Å²) in [6.45, 7) is 4.09. The number of nitrogens with zero attached hydrogens (tertiary/aromatic N) is 2. The molecule has 0 aromatic carbocycles. The number of hydrogen-bond donors (Lipinski definition) is 1. The topological polar surface area (TPSA) is 36.4 Å². The van der Waals surface area contributed by atoms with E-state index in [9.17, 15) is 5.11 Å². The lowest BCUT2D eigenvalue weighted by Crippen LogP contribution is -2.35. The van der Waals surface area contributed by atoms with Crippen molar-refractivity contribution in [3.63, 3.8) is 0 Å². The standard InChI is InChI=1S/C16H26N2O/c1-4-13-5-7-15(8-6-13)18(3)16-11-14(12(2)19)9-10-17-16/h9-13,15,19H,4-8H2,1-3H3. The molecule has 3 heteroatoms. The minimum atomic E-state index is -0.425. The van der Waals surface area contributed by atoms with Gasteiger partial charge in [0, 0.05) is 19.3 Å². The van der Waals surface area contributed by atoms with Gasteiger partial charge in [-0.2, -0.15) is 0 Å². The molecule has 106 valence electrons. The van der Waals surface area contributed by atoms with E-state index in [2.05, 4.69) is 23.9 Å². The van der Waals surface area contributed by atoms with Gasteiger partial charge in [-0.15, -0.1) is 0 Å². The Labute approximate surface area is 116 Å². The molecule has 0 aliphatic heterocycles. The van der Waals surface area contributed by atoms with Crippen molar-refractivity contribution in [1.82, 2.24) is 4.98 Å². The molecule has 0 bridgehead atoms. The first-order valence-corrected chi connectivity index (χ1v) is 7.48. The molecule has 0 radical (unpaired) electrons. The fraction of sp³-hybridized carbons (Fsp3) is 0.688. The number of aliphatic hydroxyl groups is 1. The number of aromatic nitrogens is 1. The Bertz CT molecular complexity index is 397. The van der Waals surface area contributed by atoms with Gasteiger partial charge in [-0.3, -0.25) is 0 Å². The van der Waals surface area contributed by atoms with E-state index in [0.717, 1.165) is 17.3 Å². The molecule has 1 aliphatic rings. The largest absolute Gasteiger partial charge is 0.389 e. The second-order valence-electron chi connectivity index (χ2n) is 5.82. The maximum atomic E-state index is 9.66. The van der Waals surface area contributed by atoms with Crippen LogP contribution in [0.15, 0.2) is 18.3 Å². The third-order valence-corrected chi connectivity index (χ3v) is 4.55. The molecule has 1 aromatic rings. The van der Waals surface area contributed by atoms with Crippen LogP contribution in [-0.4, -0.2) is 23.2 Å². The normalized spacial score (nSPS) is 25.1. The average molecular weight is 262 g/mol. The highest BCUT2D eigenvalue weighted by Gasteiger charge is 2.23. The van der Waals surface area contributed by atoms with Gasteiger partial charge >= 0.3 is 0 Å². The summed E-state index contributed by atoms with van der Waals surface area (Å²) in [6.07, 6.45) is 7.87. The van der Waals surface area contributed by atoms with Crippen molar-refractivity contribution in [2.45, 2.75) is 58.1 Å². The van der Waals surface area contributed by atoms with Crippen LogP contribution in [0.4, 0.5) is 5.82 Å². The summed E-state index contributed by atoms with van der Waals surface area (Å²) in [5.74, 6) is 1.90. The number of hydrogen-bond acceptors (Lipinski definition) is 3. The van der Waals surface area contributed by atoms with Gasteiger partial charge in [-0.1, -0.05) is 13.3 Å². The fourth-order valence-corrected chi connectivity index (χ4v) is 3.01. The molecule has 0 amide bonds. The van der Waals surface area contributed by atoms with Gasteiger partial charge in [0.2, 0.25) is 0 Å². The maximum Gasteiger partial charge on any atom is 0.128 e. The molecule has 1 aromatic heterocycles. The molecule has 0 spiro atoms. The van der Waals surface area contributed by atoms with Gasteiger partial charge in [0.25, 0.3) is 0 Å². The fourth-order valence-electron chi connectivity index (χ4n) is 3.01. The Kier molecular flexibility index (Phi) is 4.81. The van der Waals surface area contributed by atoms with Gasteiger partial charge in [-0.05, 0) is 56.2 Å². The minimum Gasteiger partial charge on any atom is -0.389 e. The van der Waals surface area contributed by atoms with Gasteiger partial charge < -0.3 is 10.0 Å². The first kappa shape index (κ1) is 14.3. The van der Waals surface area contributed by atoms with Crippen molar-refractivity contribution in [2.75, 3.05) is 11.9 Å². The molecule has 19 heavy (non-hydrogen) atoms. The van der Waals surface area contributed by atoms with Crippen LogP contribution in [0, 0.1) is 5.92 Å². The molecule has 0 saturated heterocycles. The van der Waals surface area contributed by atoms with Crippen LogP contribution in [-0.2, 0) is 0 Å². The summed E-state index contributed by atoms with van der Waals surface area (Å²) in [5.41, 5.74) is 0.944. The highest BCUT2D eigenvalue weighted by atomic mass is 16.3. The van der Waals surface area contributed by atoms with Crippen molar-refractivity contribution in [3.8, 4) is 0 Å². The van der Waals surface area contributed by atoms with E-state index in [-0.39, 0.29) is 0 Å². The van der Waals surface area contributed by atoms with E-state index in [1.807, 2.05) is 12.1 Å². The number of aliphatic hydroxyl groups excluding tert-OH is 1. The predicted molar refractivity (Wildman–Crippen MR) is 79.3 cm³/mol. The SMILES string of the molecule is CCC1CCC(N(C)c2cc(C(C)O)ccn2)CC1. The molecule has 1 fully saturated rings. The Morgan fingerprint density at radius 3 is 2.63 bits per heavy atom. The third kappa shape index (κ3) is 3.47. The smallest absolute Gasteiger partial charge is 0.128 e. The second-order valence-corrected chi connectivity index (χ2v) is 5.82. The first-order chi connectivity index (χ1) is 9.11. The van der Waals surface area contributed by atoms with Crippen molar-refractivity contribution >= 4 is 5.82 Å².